The van der Waals surface area contributed by atoms with Crippen LogP contribution in [0.25, 0.3) is 0 Å². The molecule has 0 aromatic heterocycles. The zero-order valence-electron chi connectivity index (χ0n) is 4.83. The number of hydrogen-bond donors (Lipinski definition) is 0. The first-order chi connectivity index (χ1) is 3.79. The summed E-state index contributed by atoms with van der Waals surface area (Å²) in [6.07, 6.45) is 5.66. The van der Waals surface area contributed by atoms with Gasteiger partial charge < -0.3 is 0 Å². The van der Waals surface area contributed by atoms with Gasteiger partial charge in [-0.25, -0.2) is 0 Å². The molecule has 40 valence electrons. The second kappa shape index (κ2) is 3.62. The Morgan fingerprint density at radius 1 is 0.750 bits per heavy atom. The van der Waals surface area contributed by atoms with Crippen molar-refractivity contribution < 1.29 is 48.5 Å². The molecule has 0 saturated heterocycles. The fourth-order valence-electron chi connectivity index (χ4n) is 0.854. The standard InChI is InChI=1S/C6H8.2Zr/c1-2-4-6-5-3-1;;/h1-2,5-6H2;;. The van der Waals surface area contributed by atoms with E-state index < -0.39 is 0 Å². The van der Waals surface area contributed by atoms with Crippen molar-refractivity contribution in [3.8, 4) is 0 Å². The van der Waals surface area contributed by atoms with Gasteiger partial charge in [0.1, 0.15) is 0 Å². The second-order valence-electron chi connectivity index (χ2n) is 2.21. The van der Waals surface area contributed by atoms with Crippen LogP contribution in [0, 0.1) is 0 Å². The zero-order valence-corrected chi connectivity index (χ0v) is 9.74. The minimum absolute atomic E-state index is 1.42. The third-order valence-electron chi connectivity index (χ3n) is 1.46. The summed E-state index contributed by atoms with van der Waals surface area (Å²) in [4.78, 5) is 0. The van der Waals surface area contributed by atoms with E-state index in [9.17, 15) is 0 Å². The molecule has 0 aromatic rings. The van der Waals surface area contributed by atoms with Gasteiger partial charge in [0.2, 0.25) is 0 Å². The Balaban J connectivity index is 2.40. The molecule has 0 bridgehead atoms. The Bertz CT molecular complexity index is 98.5. The third kappa shape index (κ3) is 2.40. The first kappa shape index (κ1) is 7.61. The molecular weight excluding hydrogens is 255 g/mol. The maximum absolute atomic E-state index is 1.79. The van der Waals surface area contributed by atoms with E-state index in [1.54, 1.807) is 54.9 Å². The van der Waals surface area contributed by atoms with Crippen molar-refractivity contribution in [2.24, 2.45) is 0 Å². The van der Waals surface area contributed by atoms with Crippen molar-refractivity contribution in [3.63, 3.8) is 0 Å². The van der Waals surface area contributed by atoms with Crippen molar-refractivity contribution in [1.82, 2.24) is 0 Å². The molecule has 0 atom stereocenters. The molecule has 1 saturated carbocycles. The average Bonchev–Trinajstić information content (AvgIpc) is 1.77. The molecule has 1 aliphatic rings. The summed E-state index contributed by atoms with van der Waals surface area (Å²) < 4.78 is 3.59. The van der Waals surface area contributed by atoms with E-state index in [2.05, 4.69) is 0 Å². The zero-order chi connectivity index (χ0) is 5.98. The van der Waals surface area contributed by atoms with Gasteiger partial charge in [0.15, 0.2) is 0 Å². The monoisotopic (exact) mass is 260 g/mol. The van der Waals surface area contributed by atoms with Crippen LogP contribution in [0.15, 0.2) is 0 Å². The van der Waals surface area contributed by atoms with Crippen molar-refractivity contribution in [2.45, 2.75) is 25.7 Å². The van der Waals surface area contributed by atoms with E-state index in [1.165, 1.54) is 25.7 Å². The molecule has 0 aliphatic heterocycles. The molecule has 1 rings (SSSR count). The molecule has 0 radical (unpaired) electrons. The van der Waals surface area contributed by atoms with E-state index in [1.807, 2.05) is 0 Å². The van der Waals surface area contributed by atoms with Crippen molar-refractivity contribution in [3.05, 3.63) is 0 Å². The van der Waals surface area contributed by atoms with E-state index in [4.69, 9.17) is 0 Å². The van der Waals surface area contributed by atoms with Gasteiger partial charge in [-0.15, -0.1) is 0 Å². The molecule has 0 nitrogen and oxygen atoms in total. The molecule has 2 heteroatoms. The second-order valence-corrected chi connectivity index (χ2v) is 5.68. The molecule has 1 aliphatic carbocycles. The Labute approximate surface area is 79.7 Å². The Hall–Kier alpha value is 1.51. The SMILES string of the molecule is [Zr]=[C]1CC[C](=[Zr])CC1. The third-order valence-corrected chi connectivity index (χ3v) is 3.92. The Kier molecular flexibility index (Phi) is 3.44. The van der Waals surface area contributed by atoms with E-state index in [0.29, 0.717) is 0 Å². The minimum atomic E-state index is 1.42. The van der Waals surface area contributed by atoms with Gasteiger partial charge in [0, 0.05) is 0 Å². The van der Waals surface area contributed by atoms with Gasteiger partial charge in [-0.1, -0.05) is 0 Å². The van der Waals surface area contributed by atoms with Crippen LogP contribution in [0.4, 0.5) is 0 Å². The van der Waals surface area contributed by atoms with Crippen LogP contribution in [-0.2, 0) is 48.5 Å². The van der Waals surface area contributed by atoms with Crippen LogP contribution < -0.4 is 0 Å². The fourth-order valence-corrected chi connectivity index (χ4v) is 2.08. The molecular formula is C6H8Zr2. The molecule has 0 unspecified atom stereocenters. The van der Waals surface area contributed by atoms with Gasteiger partial charge in [-0.05, 0) is 0 Å². The molecule has 0 spiro atoms. The normalized spacial score (nSPS) is 21.2. The van der Waals surface area contributed by atoms with Crippen molar-refractivity contribution in [2.75, 3.05) is 0 Å². The van der Waals surface area contributed by atoms with Gasteiger partial charge in [-0.2, -0.15) is 0 Å². The molecule has 8 heavy (non-hydrogen) atoms. The summed E-state index contributed by atoms with van der Waals surface area (Å²) in [5, 5.41) is 0. The van der Waals surface area contributed by atoms with Gasteiger partial charge in [-0.3, -0.25) is 0 Å². The topological polar surface area (TPSA) is 0 Å². The molecule has 0 amide bonds. The predicted molar refractivity (Wildman–Crippen MR) is 28.5 cm³/mol. The Morgan fingerprint density at radius 2 is 1.00 bits per heavy atom. The van der Waals surface area contributed by atoms with Crippen LogP contribution in [0.1, 0.15) is 25.7 Å². The van der Waals surface area contributed by atoms with Crippen molar-refractivity contribution >= 4 is 6.41 Å². The quantitative estimate of drug-likeness (QED) is 0.611. The molecule has 0 N–H and O–H groups in total. The summed E-state index contributed by atoms with van der Waals surface area (Å²) >= 11 is 3.36. The number of rotatable bonds is 0. The first-order valence-corrected chi connectivity index (χ1v) is 5.37. The Morgan fingerprint density at radius 3 is 1.25 bits per heavy atom. The summed E-state index contributed by atoms with van der Waals surface area (Å²) in [5.74, 6) is 0. The van der Waals surface area contributed by atoms with Crippen LogP contribution in [0.5, 0.6) is 0 Å². The fraction of sp³-hybridized carbons (Fsp3) is 0.667. The molecule has 0 heterocycles. The number of hydrogen-bond acceptors (Lipinski definition) is 0. The first-order valence-electron chi connectivity index (χ1n) is 2.91. The molecule has 0 aromatic carbocycles. The van der Waals surface area contributed by atoms with Gasteiger partial charge >= 0.3 is 80.6 Å². The van der Waals surface area contributed by atoms with Crippen LogP contribution in [-0.4, -0.2) is 6.41 Å². The maximum atomic E-state index is 1.79. The summed E-state index contributed by atoms with van der Waals surface area (Å²) in [7, 11) is 0. The summed E-state index contributed by atoms with van der Waals surface area (Å²) in [6, 6.07) is 0. The summed E-state index contributed by atoms with van der Waals surface area (Å²) in [6.45, 7) is 0. The van der Waals surface area contributed by atoms with Crippen LogP contribution >= 0.6 is 0 Å². The summed E-state index contributed by atoms with van der Waals surface area (Å²) in [5.41, 5.74) is 0. The van der Waals surface area contributed by atoms with Crippen LogP contribution in [0.3, 0.4) is 0 Å². The van der Waals surface area contributed by atoms with Crippen LogP contribution in [0.2, 0.25) is 0 Å². The molecule has 1 fully saturated rings. The van der Waals surface area contributed by atoms with E-state index in [0.717, 1.165) is 0 Å². The van der Waals surface area contributed by atoms with Gasteiger partial charge in [0.05, 0.1) is 0 Å². The average molecular weight is 263 g/mol. The van der Waals surface area contributed by atoms with Crippen molar-refractivity contribution in [1.29, 1.82) is 0 Å². The van der Waals surface area contributed by atoms with E-state index in [-0.39, 0.29) is 0 Å². The van der Waals surface area contributed by atoms with E-state index >= 15 is 0 Å². The predicted octanol–water partition coefficient (Wildman–Crippen LogP) is 0.999. The van der Waals surface area contributed by atoms with Gasteiger partial charge in [0.25, 0.3) is 0 Å².